The number of sulfonamides is 1. The summed E-state index contributed by atoms with van der Waals surface area (Å²) in [4.78, 5) is 1.12. The highest BCUT2D eigenvalue weighted by atomic mass is 32.2. The SMILES string of the molecule is CCNCCc1ccc(S(=O)(=O)NCC2CCC(C)C2)s1. The average molecular weight is 331 g/mol. The van der Waals surface area contributed by atoms with E-state index in [0.717, 1.165) is 43.1 Å². The van der Waals surface area contributed by atoms with E-state index in [4.69, 9.17) is 0 Å². The molecule has 0 spiro atoms. The molecule has 4 nitrogen and oxygen atoms in total. The third kappa shape index (κ3) is 5.06. The van der Waals surface area contributed by atoms with Crippen LogP contribution in [0.2, 0.25) is 0 Å². The van der Waals surface area contributed by atoms with Gasteiger partial charge in [0.2, 0.25) is 10.0 Å². The van der Waals surface area contributed by atoms with E-state index in [2.05, 4.69) is 23.9 Å². The smallest absolute Gasteiger partial charge is 0.250 e. The zero-order chi connectivity index (χ0) is 15.3. The summed E-state index contributed by atoms with van der Waals surface area (Å²) < 4.78 is 27.8. The molecule has 1 aliphatic rings. The molecule has 1 fully saturated rings. The maximum Gasteiger partial charge on any atom is 0.250 e. The van der Waals surface area contributed by atoms with Crippen molar-refractivity contribution in [2.75, 3.05) is 19.6 Å². The number of hydrogen-bond acceptors (Lipinski definition) is 4. The van der Waals surface area contributed by atoms with Gasteiger partial charge in [0.15, 0.2) is 0 Å². The molecular formula is C15H26N2O2S2. The van der Waals surface area contributed by atoms with Crippen molar-refractivity contribution in [3.63, 3.8) is 0 Å². The average Bonchev–Trinajstić information content (AvgIpc) is 3.06. The van der Waals surface area contributed by atoms with Gasteiger partial charge in [-0.3, -0.25) is 0 Å². The van der Waals surface area contributed by atoms with Crippen molar-refractivity contribution >= 4 is 21.4 Å². The second-order valence-electron chi connectivity index (χ2n) is 5.96. The summed E-state index contributed by atoms with van der Waals surface area (Å²) >= 11 is 1.38. The van der Waals surface area contributed by atoms with Gasteiger partial charge in [0, 0.05) is 11.4 Å². The van der Waals surface area contributed by atoms with Crippen molar-refractivity contribution in [2.24, 2.45) is 11.8 Å². The summed E-state index contributed by atoms with van der Waals surface area (Å²) in [7, 11) is -3.33. The van der Waals surface area contributed by atoms with Gasteiger partial charge in [0.25, 0.3) is 0 Å². The summed E-state index contributed by atoms with van der Waals surface area (Å²) in [5.74, 6) is 1.24. The van der Waals surface area contributed by atoms with Gasteiger partial charge < -0.3 is 5.32 Å². The molecule has 1 saturated carbocycles. The predicted octanol–water partition coefficient (Wildman–Crippen LogP) is 2.61. The molecule has 1 aliphatic carbocycles. The van der Waals surface area contributed by atoms with E-state index >= 15 is 0 Å². The minimum atomic E-state index is -3.33. The number of hydrogen-bond donors (Lipinski definition) is 2. The molecule has 2 rings (SSSR count). The first-order valence-corrected chi connectivity index (χ1v) is 10.1. The number of likely N-dealkylation sites (N-methyl/N-ethyl adjacent to an activating group) is 1. The van der Waals surface area contributed by atoms with Gasteiger partial charge in [-0.05, 0) is 56.3 Å². The monoisotopic (exact) mass is 330 g/mol. The van der Waals surface area contributed by atoms with E-state index in [1.165, 1.54) is 17.8 Å². The fourth-order valence-corrected chi connectivity index (χ4v) is 5.35. The van der Waals surface area contributed by atoms with E-state index in [1.54, 1.807) is 6.07 Å². The second kappa shape index (κ2) is 7.72. The van der Waals surface area contributed by atoms with Gasteiger partial charge in [-0.1, -0.05) is 20.3 Å². The van der Waals surface area contributed by atoms with Crippen molar-refractivity contribution in [3.05, 3.63) is 17.0 Å². The third-order valence-corrected chi connectivity index (χ3v) is 7.13. The van der Waals surface area contributed by atoms with Gasteiger partial charge in [-0.15, -0.1) is 11.3 Å². The van der Waals surface area contributed by atoms with Crippen LogP contribution in [-0.2, 0) is 16.4 Å². The Morgan fingerprint density at radius 2 is 2.14 bits per heavy atom. The molecule has 0 aliphatic heterocycles. The van der Waals surface area contributed by atoms with Gasteiger partial charge in [0.05, 0.1) is 0 Å². The van der Waals surface area contributed by atoms with Crippen LogP contribution >= 0.6 is 11.3 Å². The summed E-state index contributed by atoms with van der Waals surface area (Å²) in [6, 6.07) is 3.65. The molecule has 1 heterocycles. The Balaban J connectivity index is 1.87. The second-order valence-corrected chi connectivity index (χ2v) is 9.12. The Hall–Kier alpha value is -0.430. The lowest BCUT2D eigenvalue weighted by atomic mass is 10.1. The van der Waals surface area contributed by atoms with Crippen LogP contribution in [0.1, 0.15) is 38.0 Å². The highest BCUT2D eigenvalue weighted by molar-refractivity contribution is 7.91. The molecule has 2 unspecified atom stereocenters. The summed E-state index contributed by atoms with van der Waals surface area (Å²) in [6.07, 6.45) is 4.39. The Morgan fingerprint density at radius 1 is 1.33 bits per heavy atom. The fraction of sp³-hybridized carbons (Fsp3) is 0.733. The Bertz CT molecular complexity index is 540. The molecule has 0 bridgehead atoms. The molecule has 0 aromatic carbocycles. The number of thiophene rings is 1. The molecule has 0 radical (unpaired) electrons. The Labute approximate surface area is 132 Å². The predicted molar refractivity (Wildman–Crippen MR) is 88.3 cm³/mol. The van der Waals surface area contributed by atoms with E-state index in [1.807, 2.05) is 6.07 Å². The maximum atomic E-state index is 12.3. The Kier molecular flexibility index (Phi) is 6.22. The highest BCUT2D eigenvalue weighted by Gasteiger charge is 2.24. The van der Waals surface area contributed by atoms with Crippen molar-refractivity contribution in [3.8, 4) is 0 Å². The first-order valence-electron chi connectivity index (χ1n) is 7.80. The van der Waals surface area contributed by atoms with Gasteiger partial charge in [0.1, 0.15) is 4.21 Å². The van der Waals surface area contributed by atoms with Crippen LogP contribution in [0, 0.1) is 11.8 Å². The van der Waals surface area contributed by atoms with Crippen molar-refractivity contribution in [1.82, 2.24) is 10.0 Å². The molecule has 120 valence electrons. The van der Waals surface area contributed by atoms with Gasteiger partial charge in [-0.2, -0.15) is 0 Å². The molecule has 0 saturated heterocycles. The van der Waals surface area contributed by atoms with Crippen LogP contribution in [0.4, 0.5) is 0 Å². The minimum absolute atomic E-state index is 0.444. The third-order valence-electron chi connectivity index (χ3n) is 4.07. The van der Waals surface area contributed by atoms with Crippen LogP contribution in [0.5, 0.6) is 0 Å². The van der Waals surface area contributed by atoms with E-state index in [0.29, 0.717) is 16.7 Å². The molecule has 2 atom stereocenters. The van der Waals surface area contributed by atoms with Crippen LogP contribution in [-0.4, -0.2) is 28.1 Å². The van der Waals surface area contributed by atoms with Gasteiger partial charge in [-0.25, -0.2) is 13.1 Å². The van der Waals surface area contributed by atoms with E-state index in [-0.39, 0.29) is 0 Å². The standard InChI is InChI=1S/C15H26N2O2S2/c1-3-16-9-8-14-6-7-15(20-14)21(18,19)17-11-13-5-4-12(2)10-13/h6-7,12-13,16-17H,3-5,8-11H2,1-2H3. The molecule has 2 N–H and O–H groups in total. The van der Waals surface area contributed by atoms with Crippen LogP contribution in [0.15, 0.2) is 16.3 Å². The van der Waals surface area contributed by atoms with Crippen molar-refractivity contribution in [2.45, 2.75) is 43.7 Å². The Morgan fingerprint density at radius 3 is 2.81 bits per heavy atom. The zero-order valence-electron chi connectivity index (χ0n) is 12.9. The largest absolute Gasteiger partial charge is 0.317 e. The summed E-state index contributed by atoms with van der Waals surface area (Å²) in [6.45, 7) is 6.72. The first kappa shape index (κ1) is 16.9. The first-order chi connectivity index (χ1) is 10.0. The molecule has 6 heteroatoms. The molecule has 0 amide bonds. The topological polar surface area (TPSA) is 58.2 Å². The summed E-state index contributed by atoms with van der Waals surface area (Å²) in [5, 5.41) is 3.25. The molecule has 1 aromatic heterocycles. The van der Waals surface area contributed by atoms with Crippen molar-refractivity contribution in [1.29, 1.82) is 0 Å². The maximum absolute atomic E-state index is 12.3. The van der Waals surface area contributed by atoms with E-state index < -0.39 is 10.0 Å². The van der Waals surface area contributed by atoms with Crippen LogP contribution < -0.4 is 10.0 Å². The van der Waals surface area contributed by atoms with Gasteiger partial charge >= 0.3 is 0 Å². The van der Waals surface area contributed by atoms with Crippen LogP contribution in [0.25, 0.3) is 0 Å². The summed E-state index contributed by atoms with van der Waals surface area (Å²) in [5.41, 5.74) is 0. The van der Waals surface area contributed by atoms with E-state index in [9.17, 15) is 8.42 Å². The van der Waals surface area contributed by atoms with Crippen LogP contribution in [0.3, 0.4) is 0 Å². The lowest BCUT2D eigenvalue weighted by molar-refractivity contribution is 0.499. The lowest BCUT2D eigenvalue weighted by Gasteiger charge is -2.10. The quantitative estimate of drug-likeness (QED) is 0.720. The molecular weight excluding hydrogens is 304 g/mol. The normalized spacial score (nSPS) is 22.8. The number of rotatable bonds is 8. The lowest BCUT2D eigenvalue weighted by Crippen LogP contribution is -2.28. The highest BCUT2D eigenvalue weighted by Crippen LogP contribution is 2.30. The number of nitrogens with one attached hydrogen (secondary N) is 2. The molecule has 21 heavy (non-hydrogen) atoms. The van der Waals surface area contributed by atoms with Crippen molar-refractivity contribution < 1.29 is 8.42 Å². The minimum Gasteiger partial charge on any atom is -0.317 e. The molecule has 1 aromatic rings. The fourth-order valence-electron chi connectivity index (χ4n) is 2.83. The zero-order valence-corrected chi connectivity index (χ0v) is 14.5.